The summed E-state index contributed by atoms with van der Waals surface area (Å²) in [6.45, 7) is 0. The molecule has 0 aliphatic carbocycles. The van der Waals surface area contributed by atoms with Crippen LogP contribution in [0.2, 0.25) is 15.2 Å². The van der Waals surface area contributed by atoms with Crippen LogP contribution < -0.4 is 0 Å². The highest BCUT2D eigenvalue weighted by atomic mass is 35.5. The van der Waals surface area contributed by atoms with Crippen LogP contribution in [0, 0.1) is 11.3 Å². The Kier molecular flexibility index (Phi) is 5.34. The molecule has 0 radical (unpaired) electrons. The molecule has 0 amide bonds. The summed E-state index contributed by atoms with van der Waals surface area (Å²) >= 11 is 19.8. The number of pyridine rings is 1. The van der Waals surface area contributed by atoms with Gasteiger partial charge in [0.1, 0.15) is 16.2 Å². The molecule has 0 aliphatic heterocycles. The van der Waals surface area contributed by atoms with Gasteiger partial charge in [-0.15, -0.1) is 11.3 Å². The lowest BCUT2D eigenvalue weighted by molar-refractivity contribution is 1.37. The zero-order valence-corrected chi connectivity index (χ0v) is 17.2. The van der Waals surface area contributed by atoms with E-state index in [-0.39, 0.29) is 0 Å². The molecule has 2 aromatic carbocycles. The zero-order chi connectivity index (χ0) is 19.7. The van der Waals surface area contributed by atoms with Gasteiger partial charge in [0.15, 0.2) is 0 Å². The van der Waals surface area contributed by atoms with E-state index in [9.17, 15) is 5.26 Å². The van der Waals surface area contributed by atoms with E-state index in [1.807, 2.05) is 41.8 Å². The number of para-hydroxylation sites is 1. The van der Waals surface area contributed by atoms with Crippen molar-refractivity contribution < 1.29 is 0 Å². The van der Waals surface area contributed by atoms with Gasteiger partial charge in [-0.05, 0) is 30.3 Å². The summed E-state index contributed by atoms with van der Waals surface area (Å²) in [6, 6.07) is 17.1. The van der Waals surface area contributed by atoms with Crippen molar-refractivity contribution in [3.8, 4) is 17.3 Å². The summed E-state index contributed by atoms with van der Waals surface area (Å²) in [5.41, 5.74) is 3.44. The molecule has 0 saturated heterocycles. The topological polar surface area (TPSA) is 49.6 Å². The van der Waals surface area contributed by atoms with E-state index in [1.54, 1.807) is 18.2 Å². The molecule has 0 unspecified atom stereocenters. The van der Waals surface area contributed by atoms with Gasteiger partial charge >= 0.3 is 0 Å². The van der Waals surface area contributed by atoms with Crippen molar-refractivity contribution in [2.45, 2.75) is 0 Å². The van der Waals surface area contributed by atoms with E-state index in [0.717, 1.165) is 22.2 Å². The number of allylic oxidation sites excluding steroid dienone is 1. The maximum atomic E-state index is 9.65. The Hall–Kier alpha value is -2.42. The van der Waals surface area contributed by atoms with Crippen LogP contribution in [0.1, 0.15) is 10.6 Å². The molecule has 0 saturated carbocycles. The third-order valence-electron chi connectivity index (χ3n) is 4.07. The van der Waals surface area contributed by atoms with Gasteiger partial charge < -0.3 is 0 Å². The van der Waals surface area contributed by atoms with Crippen LogP contribution in [0.25, 0.3) is 33.8 Å². The Bertz CT molecular complexity index is 1270. The average Bonchev–Trinajstić information content (AvgIpc) is 3.18. The summed E-state index contributed by atoms with van der Waals surface area (Å²) in [5.74, 6) is 0. The first-order valence-corrected chi connectivity index (χ1v) is 10.1. The Morgan fingerprint density at radius 3 is 2.61 bits per heavy atom. The summed E-state index contributed by atoms with van der Waals surface area (Å²) in [5, 5.41) is 14.3. The molecule has 0 spiro atoms. The van der Waals surface area contributed by atoms with Gasteiger partial charge in [0, 0.05) is 21.9 Å². The molecule has 0 atom stereocenters. The second-order valence-electron chi connectivity index (χ2n) is 5.90. The molecule has 0 aliphatic rings. The number of rotatable bonds is 3. The van der Waals surface area contributed by atoms with Gasteiger partial charge in [0.25, 0.3) is 0 Å². The molecule has 0 bridgehead atoms. The normalized spacial score (nSPS) is 11.6. The molecule has 0 N–H and O–H groups in total. The number of fused-ring (bicyclic) bond motifs is 1. The largest absolute Gasteiger partial charge is 0.235 e. The highest BCUT2D eigenvalue weighted by molar-refractivity contribution is 7.11. The first kappa shape index (κ1) is 18.9. The molecule has 3 nitrogen and oxygen atoms in total. The van der Waals surface area contributed by atoms with Gasteiger partial charge in [-0.2, -0.15) is 5.26 Å². The molecule has 4 rings (SSSR count). The Labute approximate surface area is 180 Å². The molecule has 4 aromatic rings. The van der Waals surface area contributed by atoms with Gasteiger partial charge in [-0.1, -0.05) is 59.1 Å². The molecule has 2 aromatic heterocycles. The van der Waals surface area contributed by atoms with Crippen molar-refractivity contribution in [3.05, 3.63) is 79.7 Å². The smallest absolute Gasteiger partial charge is 0.137 e. The predicted molar refractivity (Wildman–Crippen MR) is 118 cm³/mol. The van der Waals surface area contributed by atoms with Crippen LogP contribution in [0.4, 0.5) is 0 Å². The molecular formula is C21H10Cl3N3S. The lowest BCUT2D eigenvalue weighted by Gasteiger charge is -2.03. The summed E-state index contributed by atoms with van der Waals surface area (Å²) in [7, 11) is 0. The standard InChI is InChI=1S/C21H10Cl3N3S/c22-16-6-5-13(9-17(16)23)19-11-28-21(27-19)15(10-25)8-14-7-12-3-1-2-4-18(12)26-20(14)24/h1-9,11H/b15-8+. The maximum absolute atomic E-state index is 9.65. The lowest BCUT2D eigenvalue weighted by Crippen LogP contribution is -1.87. The second kappa shape index (κ2) is 7.90. The van der Waals surface area contributed by atoms with Crippen molar-refractivity contribution in [1.82, 2.24) is 9.97 Å². The van der Waals surface area contributed by atoms with Crippen LogP contribution in [0.5, 0.6) is 0 Å². The SMILES string of the molecule is N#C/C(=C\c1cc2ccccc2nc1Cl)c1nc(-c2ccc(Cl)c(Cl)c2)cs1. The lowest BCUT2D eigenvalue weighted by atomic mass is 10.1. The second-order valence-corrected chi connectivity index (χ2v) is 7.93. The fourth-order valence-electron chi connectivity index (χ4n) is 2.69. The summed E-state index contributed by atoms with van der Waals surface area (Å²) in [4.78, 5) is 8.97. The molecular weight excluding hydrogens is 433 g/mol. The number of hydrogen-bond acceptors (Lipinski definition) is 4. The van der Waals surface area contributed by atoms with Crippen LogP contribution in [-0.4, -0.2) is 9.97 Å². The van der Waals surface area contributed by atoms with Gasteiger partial charge in [-0.25, -0.2) is 9.97 Å². The first-order valence-electron chi connectivity index (χ1n) is 8.13. The summed E-state index contributed by atoms with van der Waals surface area (Å²) in [6.07, 6.45) is 1.71. The Balaban J connectivity index is 1.74. The van der Waals surface area contributed by atoms with E-state index >= 15 is 0 Å². The van der Waals surface area contributed by atoms with E-state index < -0.39 is 0 Å². The first-order chi connectivity index (χ1) is 13.5. The number of nitrogens with zero attached hydrogens (tertiary/aromatic N) is 3. The maximum Gasteiger partial charge on any atom is 0.137 e. The quantitative estimate of drug-likeness (QED) is 0.245. The van der Waals surface area contributed by atoms with Crippen LogP contribution >= 0.6 is 46.1 Å². The number of thiazole rings is 1. The number of benzene rings is 2. The number of halogens is 3. The zero-order valence-electron chi connectivity index (χ0n) is 14.2. The number of aromatic nitrogens is 2. The molecule has 7 heteroatoms. The summed E-state index contributed by atoms with van der Waals surface area (Å²) < 4.78 is 0. The molecule has 28 heavy (non-hydrogen) atoms. The third-order valence-corrected chi connectivity index (χ3v) is 5.99. The van der Waals surface area contributed by atoms with Crippen molar-refractivity contribution in [3.63, 3.8) is 0 Å². The van der Waals surface area contributed by atoms with E-state index in [4.69, 9.17) is 34.8 Å². The van der Waals surface area contributed by atoms with Gasteiger partial charge in [0.05, 0.1) is 26.8 Å². The molecule has 2 heterocycles. The highest BCUT2D eigenvalue weighted by Gasteiger charge is 2.12. The minimum atomic E-state index is 0.340. The third kappa shape index (κ3) is 3.76. The number of hydrogen-bond donors (Lipinski definition) is 0. The van der Waals surface area contributed by atoms with Gasteiger partial charge in [-0.3, -0.25) is 0 Å². The molecule has 0 fully saturated rings. The van der Waals surface area contributed by atoms with Crippen molar-refractivity contribution in [1.29, 1.82) is 5.26 Å². The van der Waals surface area contributed by atoms with Crippen LogP contribution in [0.15, 0.2) is 53.9 Å². The Morgan fingerprint density at radius 1 is 1.00 bits per heavy atom. The van der Waals surface area contributed by atoms with Crippen molar-refractivity contribution in [2.24, 2.45) is 0 Å². The fourth-order valence-corrected chi connectivity index (χ4v) is 3.99. The van der Waals surface area contributed by atoms with Crippen LogP contribution in [-0.2, 0) is 0 Å². The number of nitriles is 1. The van der Waals surface area contributed by atoms with E-state index in [1.165, 1.54) is 11.3 Å². The predicted octanol–water partition coefficient (Wildman–Crippen LogP) is 7.38. The van der Waals surface area contributed by atoms with Crippen LogP contribution in [0.3, 0.4) is 0 Å². The van der Waals surface area contributed by atoms with Crippen molar-refractivity contribution in [2.75, 3.05) is 0 Å². The Morgan fingerprint density at radius 2 is 1.82 bits per heavy atom. The van der Waals surface area contributed by atoms with E-state index in [2.05, 4.69) is 16.0 Å². The van der Waals surface area contributed by atoms with E-state index in [0.29, 0.717) is 31.3 Å². The fraction of sp³-hybridized carbons (Fsp3) is 0. The average molecular weight is 443 g/mol. The highest BCUT2D eigenvalue weighted by Crippen LogP contribution is 2.32. The van der Waals surface area contributed by atoms with Crippen molar-refractivity contribution >= 4 is 68.7 Å². The minimum absolute atomic E-state index is 0.340. The minimum Gasteiger partial charge on any atom is -0.235 e. The monoisotopic (exact) mass is 441 g/mol. The molecule has 136 valence electrons. The van der Waals surface area contributed by atoms with Gasteiger partial charge in [0.2, 0.25) is 0 Å².